The summed E-state index contributed by atoms with van der Waals surface area (Å²) < 4.78 is 26.5. The second-order valence-electron chi connectivity index (χ2n) is 5.55. The number of hydrogen-bond acceptors (Lipinski definition) is 0. The Labute approximate surface area is 106 Å². The van der Waals surface area contributed by atoms with Crippen LogP contribution in [0.15, 0.2) is 18.2 Å². The van der Waals surface area contributed by atoms with Gasteiger partial charge in [-0.05, 0) is 30.2 Å². The van der Waals surface area contributed by atoms with Gasteiger partial charge in [0.05, 0.1) is 5.38 Å². The topological polar surface area (TPSA) is 0 Å². The van der Waals surface area contributed by atoms with E-state index in [4.69, 9.17) is 11.6 Å². The molecule has 1 saturated carbocycles. The highest BCUT2D eigenvalue weighted by Crippen LogP contribution is 2.51. The lowest BCUT2D eigenvalue weighted by atomic mass is 9.78. The molecule has 1 aromatic carbocycles. The molecule has 0 nitrogen and oxygen atoms in total. The van der Waals surface area contributed by atoms with E-state index in [1.165, 1.54) is 12.1 Å². The van der Waals surface area contributed by atoms with E-state index in [0.717, 1.165) is 25.3 Å². The highest BCUT2D eigenvalue weighted by Gasteiger charge is 2.40. The molecular weight excluding hydrogens is 242 g/mol. The molecule has 2 rings (SSSR count). The number of benzene rings is 1. The van der Waals surface area contributed by atoms with Gasteiger partial charge in [-0.15, -0.1) is 11.6 Å². The van der Waals surface area contributed by atoms with Gasteiger partial charge in [-0.1, -0.05) is 26.3 Å². The lowest BCUT2D eigenvalue weighted by molar-refractivity contribution is 0.250. The molecule has 1 aromatic rings. The van der Waals surface area contributed by atoms with Crippen LogP contribution in [-0.2, 0) is 0 Å². The summed E-state index contributed by atoms with van der Waals surface area (Å²) in [6.07, 6.45) is 3.26. The minimum atomic E-state index is -0.555. The molecule has 0 heterocycles. The smallest absolute Gasteiger partial charge is 0.130 e. The Morgan fingerprint density at radius 1 is 1.35 bits per heavy atom. The van der Waals surface area contributed by atoms with Gasteiger partial charge < -0.3 is 0 Å². The minimum absolute atomic E-state index is 0.132. The van der Waals surface area contributed by atoms with E-state index in [1.807, 2.05) is 0 Å². The van der Waals surface area contributed by atoms with Crippen molar-refractivity contribution in [2.75, 3.05) is 0 Å². The molecular formula is C14H17ClF2. The third-order valence-corrected chi connectivity index (χ3v) is 4.49. The summed E-state index contributed by atoms with van der Waals surface area (Å²) in [6.45, 7) is 4.34. The summed E-state index contributed by atoms with van der Waals surface area (Å²) in [7, 11) is 0. The quantitative estimate of drug-likeness (QED) is 0.650. The standard InChI is InChI=1S/C14H17ClF2/c1-14(2)7-3-4-11(14)13(15)10-6-5-9(16)8-12(10)17/h5-6,8,11,13H,3-4,7H2,1-2H3. The molecule has 0 N–H and O–H groups in total. The third-order valence-electron chi connectivity index (χ3n) is 3.95. The van der Waals surface area contributed by atoms with Crippen LogP contribution in [-0.4, -0.2) is 0 Å². The molecule has 0 aliphatic heterocycles. The number of halogens is 3. The molecule has 94 valence electrons. The Hall–Kier alpha value is -0.630. The highest BCUT2D eigenvalue weighted by atomic mass is 35.5. The van der Waals surface area contributed by atoms with Crippen LogP contribution >= 0.6 is 11.6 Å². The molecule has 0 radical (unpaired) electrons. The second kappa shape index (κ2) is 4.56. The maximum Gasteiger partial charge on any atom is 0.130 e. The van der Waals surface area contributed by atoms with E-state index in [2.05, 4.69) is 13.8 Å². The summed E-state index contributed by atoms with van der Waals surface area (Å²) >= 11 is 6.39. The van der Waals surface area contributed by atoms with Crippen molar-refractivity contribution in [3.63, 3.8) is 0 Å². The molecule has 2 atom stereocenters. The largest absolute Gasteiger partial charge is 0.207 e. The van der Waals surface area contributed by atoms with Gasteiger partial charge in [-0.2, -0.15) is 0 Å². The minimum Gasteiger partial charge on any atom is -0.207 e. The SMILES string of the molecule is CC1(C)CCCC1C(Cl)c1ccc(F)cc1F. The Morgan fingerprint density at radius 3 is 2.59 bits per heavy atom. The zero-order valence-corrected chi connectivity index (χ0v) is 10.9. The molecule has 1 aliphatic rings. The Balaban J connectivity index is 2.28. The average molecular weight is 259 g/mol. The Bertz CT molecular complexity index is 415. The van der Waals surface area contributed by atoms with Gasteiger partial charge in [0, 0.05) is 11.6 Å². The fraction of sp³-hybridized carbons (Fsp3) is 0.571. The zero-order valence-electron chi connectivity index (χ0n) is 10.1. The summed E-state index contributed by atoms with van der Waals surface area (Å²) in [6, 6.07) is 3.65. The first-order valence-corrected chi connectivity index (χ1v) is 6.44. The molecule has 1 aliphatic carbocycles. The monoisotopic (exact) mass is 258 g/mol. The van der Waals surface area contributed by atoms with Crippen molar-refractivity contribution in [2.24, 2.45) is 11.3 Å². The summed E-state index contributed by atoms with van der Waals surface area (Å²) in [5.41, 5.74) is 0.556. The zero-order chi connectivity index (χ0) is 12.6. The van der Waals surface area contributed by atoms with Crippen LogP contribution in [0.25, 0.3) is 0 Å². The van der Waals surface area contributed by atoms with Crippen LogP contribution < -0.4 is 0 Å². The number of hydrogen-bond donors (Lipinski definition) is 0. The van der Waals surface area contributed by atoms with Gasteiger partial charge in [0.15, 0.2) is 0 Å². The van der Waals surface area contributed by atoms with E-state index < -0.39 is 11.6 Å². The molecule has 0 amide bonds. The first-order valence-electron chi connectivity index (χ1n) is 6.01. The van der Waals surface area contributed by atoms with Crippen LogP contribution in [0.5, 0.6) is 0 Å². The lowest BCUT2D eigenvalue weighted by Gasteiger charge is -2.31. The normalized spacial score (nSPS) is 24.9. The number of rotatable bonds is 2. The van der Waals surface area contributed by atoms with Crippen molar-refractivity contribution in [3.8, 4) is 0 Å². The molecule has 0 saturated heterocycles. The van der Waals surface area contributed by atoms with Crippen molar-refractivity contribution in [2.45, 2.75) is 38.5 Å². The van der Waals surface area contributed by atoms with Crippen molar-refractivity contribution < 1.29 is 8.78 Å². The molecule has 17 heavy (non-hydrogen) atoms. The predicted molar refractivity (Wildman–Crippen MR) is 66.1 cm³/mol. The van der Waals surface area contributed by atoms with Crippen LogP contribution in [0.2, 0.25) is 0 Å². The van der Waals surface area contributed by atoms with Crippen molar-refractivity contribution in [3.05, 3.63) is 35.4 Å². The van der Waals surface area contributed by atoms with Crippen LogP contribution in [0.3, 0.4) is 0 Å². The maximum absolute atomic E-state index is 13.7. The van der Waals surface area contributed by atoms with Crippen LogP contribution in [0.1, 0.15) is 44.1 Å². The van der Waals surface area contributed by atoms with Gasteiger partial charge >= 0.3 is 0 Å². The highest BCUT2D eigenvalue weighted by molar-refractivity contribution is 6.21. The molecule has 1 fully saturated rings. The van der Waals surface area contributed by atoms with Gasteiger partial charge in [-0.25, -0.2) is 8.78 Å². The van der Waals surface area contributed by atoms with E-state index in [-0.39, 0.29) is 16.7 Å². The van der Waals surface area contributed by atoms with Gasteiger partial charge in [0.1, 0.15) is 11.6 Å². The summed E-state index contributed by atoms with van der Waals surface area (Å²) in [4.78, 5) is 0. The van der Waals surface area contributed by atoms with Gasteiger partial charge in [0.25, 0.3) is 0 Å². The van der Waals surface area contributed by atoms with E-state index in [0.29, 0.717) is 5.56 Å². The molecule has 0 bridgehead atoms. The van der Waals surface area contributed by atoms with Crippen molar-refractivity contribution in [1.82, 2.24) is 0 Å². The van der Waals surface area contributed by atoms with Crippen molar-refractivity contribution in [1.29, 1.82) is 0 Å². The molecule has 3 heteroatoms. The average Bonchev–Trinajstić information content (AvgIpc) is 2.57. The maximum atomic E-state index is 13.7. The van der Waals surface area contributed by atoms with E-state index in [1.54, 1.807) is 0 Å². The Kier molecular flexibility index (Phi) is 3.44. The first-order chi connectivity index (χ1) is 7.92. The molecule has 0 aromatic heterocycles. The Morgan fingerprint density at radius 2 is 2.06 bits per heavy atom. The van der Waals surface area contributed by atoms with Gasteiger partial charge in [0.2, 0.25) is 0 Å². The molecule has 2 unspecified atom stereocenters. The fourth-order valence-electron chi connectivity index (χ4n) is 2.84. The van der Waals surface area contributed by atoms with Gasteiger partial charge in [-0.3, -0.25) is 0 Å². The van der Waals surface area contributed by atoms with E-state index in [9.17, 15) is 8.78 Å². The van der Waals surface area contributed by atoms with Crippen LogP contribution in [0, 0.1) is 23.0 Å². The van der Waals surface area contributed by atoms with Crippen LogP contribution in [0.4, 0.5) is 8.78 Å². The number of alkyl halides is 1. The first kappa shape index (κ1) is 12.8. The molecule has 0 spiro atoms. The second-order valence-corrected chi connectivity index (χ2v) is 6.03. The predicted octanol–water partition coefficient (Wildman–Crippen LogP) is 5.07. The van der Waals surface area contributed by atoms with Crippen molar-refractivity contribution >= 4 is 11.6 Å². The summed E-state index contributed by atoms with van der Waals surface area (Å²) in [5, 5.41) is -0.368. The third kappa shape index (κ3) is 2.47. The summed E-state index contributed by atoms with van der Waals surface area (Å²) in [5.74, 6) is -0.836. The fourth-order valence-corrected chi connectivity index (χ4v) is 3.48. The van der Waals surface area contributed by atoms with E-state index >= 15 is 0 Å². The lowest BCUT2D eigenvalue weighted by Crippen LogP contribution is -2.22.